The van der Waals surface area contributed by atoms with Crippen molar-refractivity contribution in [2.75, 3.05) is 6.54 Å². The maximum absolute atomic E-state index is 12.1. The minimum atomic E-state index is -0.166. The number of halogens is 2. The van der Waals surface area contributed by atoms with E-state index in [9.17, 15) is 4.39 Å². The van der Waals surface area contributed by atoms with Gasteiger partial charge in [-0.15, -0.1) is 0 Å². The summed E-state index contributed by atoms with van der Waals surface area (Å²) in [6.07, 6.45) is 4.53. The Kier molecular flexibility index (Phi) is 1.68. The zero-order chi connectivity index (χ0) is 5.98. The molecule has 0 spiro atoms. The lowest BCUT2D eigenvalue weighted by molar-refractivity contribution is 0.617. The number of hydrogen-bond acceptors (Lipinski definition) is 1. The van der Waals surface area contributed by atoms with Crippen LogP contribution in [-0.2, 0) is 0 Å². The molecule has 0 amide bonds. The Labute approximate surface area is 55.8 Å². The van der Waals surface area contributed by atoms with Crippen LogP contribution in [0.1, 0.15) is 0 Å². The average molecular weight is 178 g/mol. The fourth-order valence-electron chi connectivity index (χ4n) is 0.455. The molecule has 0 fully saturated rings. The van der Waals surface area contributed by atoms with E-state index in [4.69, 9.17) is 0 Å². The topological polar surface area (TPSA) is 3.24 Å². The summed E-state index contributed by atoms with van der Waals surface area (Å²) in [5.41, 5.74) is 0. The smallest absolute Gasteiger partial charge is 0.122 e. The van der Waals surface area contributed by atoms with Crippen molar-refractivity contribution in [2.24, 2.45) is 0 Å². The summed E-state index contributed by atoms with van der Waals surface area (Å²) in [5.74, 6) is -0.166. The van der Waals surface area contributed by atoms with E-state index in [2.05, 4.69) is 16.1 Å². The van der Waals surface area contributed by atoms with Gasteiger partial charge in [-0.2, -0.15) is 0 Å². The van der Waals surface area contributed by atoms with Crippen molar-refractivity contribution in [3.8, 4) is 0 Å². The molecule has 8 heavy (non-hydrogen) atoms. The summed E-state index contributed by atoms with van der Waals surface area (Å²) < 4.78 is 13.8. The summed E-state index contributed by atoms with van der Waals surface area (Å²) in [4.78, 5) is 0. The third kappa shape index (κ3) is 1.33. The molecule has 0 atom stereocenters. The normalized spacial score (nSPS) is 18.8. The molecule has 3 heteroatoms. The van der Waals surface area contributed by atoms with E-state index >= 15 is 0 Å². The monoisotopic (exact) mass is 177 g/mol. The van der Waals surface area contributed by atoms with Gasteiger partial charge in [0.2, 0.25) is 0 Å². The minimum Gasteiger partial charge on any atom is -0.312 e. The predicted octanol–water partition coefficient (Wildman–Crippen LogP) is 1.98. The predicted molar refractivity (Wildman–Crippen MR) is 34.0 cm³/mol. The molecule has 0 unspecified atom stereocenters. The van der Waals surface area contributed by atoms with Crippen LogP contribution in [-0.4, -0.2) is 10.5 Å². The molecule has 1 heterocycles. The van der Waals surface area contributed by atoms with Crippen molar-refractivity contribution < 1.29 is 4.39 Å². The first kappa shape index (κ1) is 5.82. The first-order valence-corrected chi connectivity index (χ1v) is 2.96. The highest BCUT2D eigenvalue weighted by molar-refractivity contribution is 9.07. The second-order valence-electron chi connectivity index (χ2n) is 1.49. The maximum atomic E-state index is 12.1. The Balaban J connectivity index is 2.58. The Bertz CT molecular complexity index is 141. The largest absolute Gasteiger partial charge is 0.312 e. The van der Waals surface area contributed by atoms with Crippen molar-refractivity contribution >= 4 is 16.1 Å². The zero-order valence-corrected chi connectivity index (χ0v) is 5.73. The van der Waals surface area contributed by atoms with Crippen LogP contribution >= 0.6 is 16.1 Å². The van der Waals surface area contributed by atoms with Gasteiger partial charge in [0.25, 0.3) is 0 Å². The van der Waals surface area contributed by atoms with E-state index in [1.165, 1.54) is 12.2 Å². The first-order chi connectivity index (χ1) is 3.79. The second-order valence-corrected chi connectivity index (χ2v) is 2.40. The van der Waals surface area contributed by atoms with Crippen molar-refractivity contribution in [1.29, 1.82) is 0 Å². The highest BCUT2D eigenvalue weighted by Gasteiger charge is 1.97. The molecule has 1 nitrogen and oxygen atoms in total. The van der Waals surface area contributed by atoms with Gasteiger partial charge in [0.05, 0.1) is 6.54 Å². The van der Waals surface area contributed by atoms with Gasteiger partial charge in [-0.3, -0.25) is 0 Å². The van der Waals surface area contributed by atoms with Gasteiger partial charge in [-0.05, 0) is 12.2 Å². The van der Waals surface area contributed by atoms with Crippen LogP contribution in [0.4, 0.5) is 4.39 Å². The molecule has 0 aromatic carbocycles. The molecule has 1 aliphatic heterocycles. The quantitative estimate of drug-likeness (QED) is 0.512. The Morgan fingerprint density at radius 1 is 1.75 bits per heavy atom. The van der Waals surface area contributed by atoms with Crippen LogP contribution in [0.25, 0.3) is 0 Å². The van der Waals surface area contributed by atoms with Crippen LogP contribution in [0.5, 0.6) is 0 Å². The summed E-state index contributed by atoms with van der Waals surface area (Å²) >= 11 is 3.15. The number of rotatable bonds is 0. The zero-order valence-electron chi connectivity index (χ0n) is 4.14. The van der Waals surface area contributed by atoms with Gasteiger partial charge in [-0.25, -0.2) is 4.39 Å². The van der Waals surface area contributed by atoms with E-state index in [0.717, 1.165) is 0 Å². The van der Waals surface area contributed by atoms with Crippen molar-refractivity contribution in [1.82, 2.24) is 3.93 Å². The van der Waals surface area contributed by atoms with Crippen LogP contribution in [0, 0.1) is 0 Å². The van der Waals surface area contributed by atoms with Crippen LogP contribution in [0.2, 0.25) is 0 Å². The van der Waals surface area contributed by atoms with E-state index in [-0.39, 0.29) is 5.83 Å². The number of hydrogen-bond donors (Lipinski definition) is 0. The molecule has 0 aliphatic carbocycles. The maximum Gasteiger partial charge on any atom is 0.122 e. The first-order valence-electron chi connectivity index (χ1n) is 2.25. The van der Waals surface area contributed by atoms with E-state index in [1.54, 1.807) is 10.1 Å². The van der Waals surface area contributed by atoms with Crippen molar-refractivity contribution in [3.05, 3.63) is 24.2 Å². The molecular weight excluding hydrogens is 173 g/mol. The fraction of sp³-hybridized carbons (Fsp3) is 0.200. The molecular formula is C5H5BrFN. The standard InChI is InChI=1S/C5H5BrFN/c6-8-3-1-5(7)2-4-8/h1-3H,4H2. The van der Waals surface area contributed by atoms with Crippen LogP contribution in [0.3, 0.4) is 0 Å². The molecule has 1 rings (SSSR count). The van der Waals surface area contributed by atoms with E-state index in [0.29, 0.717) is 6.54 Å². The second kappa shape index (κ2) is 2.31. The van der Waals surface area contributed by atoms with Gasteiger partial charge in [-0.1, -0.05) is 0 Å². The summed E-state index contributed by atoms with van der Waals surface area (Å²) in [6.45, 7) is 0.600. The lowest BCUT2D eigenvalue weighted by Gasteiger charge is -2.09. The van der Waals surface area contributed by atoms with E-state index < -0.39 is 0 Å². The Morgan fingerprint density at radius 2 is 2.50 bits per heavy atom. The number of allylic oxidation sites excluding steroid dienone is 2. The lowest BCUT2D eigenvalue weighted by Crippen LogP contribution is -2.05. The van der Waals surface area contributed by atoms with Crippen molar-refractivity contribution in [3.63, 3.8) is 0 Å². The third-order valence-electron chi connectivity index (χ3n) is 0.856. The molecule has 0 bridgehead atoms. The van der Waals surface area contributed by atoms with Crippen molar-refractivity contribution in [2.45, 2.75) is 0 Å². The minimum absolute atomic E-state index is 0.166. The molecule has 0 saturated heterocycles. The average Bonchev–Trinajstić information content (AvgIpc) is 1.77. The third-order valence-corrected chi connectivity index (χ3v) is 1.38. The highest BCUT2D eigenvalue weighted by atomic mass is 79.9. The molecule has 0 radical (unpaired) electrons. The summed E-state index contributed by atoms with van der Waals surface area (Å²) in [5, 5.41) is 0. The van der Waals surface area contributed by atoms with Gasteiger partial charge in [0.1, 0.15) is 5.83 Å². The molecule has 44 valence electrons. The molecule has 0 aromatic rings. The lowest BCUT2D eigenvalue weighted by atomic mass is 10.4. The van der Waals surface area contributed by atoms with Gasteiger partial charge in [0.15, 0.2) is 0 Å². The SMILES string of the molecule is FC1=CCN(Br)C=C1. The Morgan fingerprint density at radius 3 is 2.88 bits per heavy atom. The molecule has 1 aliphatic rings. The fourth-order valence-corrected chi connectivity index (χ4v) is 0.718. The summed E-state index contributed by atoms with van der Waals surface area (Å²) in [6, 6.07) is 0. The highest BCUT2D eigenvalue weighted by Crippen LogP contribution is 2.09. The van der Waals surface area contributed by atoms with E-state index in [1.807, 2.05) is 0 Å². The Hall–Kier alpha value is -0.310. The molecule has 0 saturated carbocycles. The molecule has 0 aromatic heterocycles. The molecule has 0 N–H and O–H groups in total. The van der Waals surface area contributed by atoms with Gasteiger partial charge in [0, 0.05) is 22.3 Å². The number of nitrogens with zero attached hydrogens (tertiary/aromatic N) is 1. The van der Waals surface area contributed by atoms with Crippen LogP contribution < -0.4 is 0 Å². The summed E-state index contributed by atoms with van der Waals surface area (Å²) in [7, 11) is 0. The van der Waals surface area contributed by atoms with Crippen LogP contribution in [0.15, 0.2) is 24.2 Å². The van der Waals surface area contributed by atoms with Gasteiger partial charge >= 0.3 is 0 Å². The van der Waals surface area contributed by atoms with Gasteiger partial charge < -0.3 is 3.93 Å².